The molecule has 2 aliphatic rings. The van der Waals surface area contributed by atoms with Gasteiger partial charge in [-0.2, -0.15) is 5.10 Å². The van der Waals surface area contributed by atoms with Crippen molar-refractivity contribution in [3.8, 4) is 0 Å². The summed E-state index contributed by atoms with van der Waals surface area (Å²) >= 11 is 0. The third-order valence-corrected chi connectivity index (χ3v) is 7.20. The fraction of sp³-hybridized carbons (Fsp3) is 0.423. The molecule has 7 heteroatoms. The van der Waals surface area contributed by atoms with Crippen LogP contribution in [0.5, 0.6) is 0 Å². The Bertz CT molecular complexity index is 1120. The lowest BCUT2D eigenvalue weighted by molar-refractivity contribution is -0.147. The van der Waals surface area contributed by atoms with Crippen LogP contribution in [0.1, 0.15) is 60.3 Å². The van der Waals surface area contributed by atoms with Crippen LogP contribution in [0, 0.1) is 5.41 Å². The maximum Gasteiger partial charge on any atom is 0.255 e. The largest absolute Gasteiger partial charge is 0.367 e. The van der Waals surface area contributed by atoms with Gasteiger partial charge < -0.3 is 14.8 Å². The summed E-state index contributed by atoms with van der Waals surface area (Å²) in [4.78, 5) is 34.3. The number of rotatable bonds is 5. The molecule has 172 valence electrons. The molecule has 2 amide bonds. The Morgan fingerprint density at radius 2 is 2.03 bits per heavy atom. The second kappa shape index (κ2) is 8.54. The molecular weight excluding hydrogens is 414 g/mol. The number of hydrogen-bond donors (Lipinski definition) is 1. The predicted octanol–water partition coefficient (Wildman–Crippen LogP) is 3.84. The zero-order chi connectivity index (χ0) is 23.0. The first kappa shape index (κ1) is 21.5. The molecule has 2 aliphatic heterocycles. The van der Waals surface area contributed by atoms with Crippen molar-refractivity contribution in [2.45, 2.75) is 45.2 Å². The van der Waals surface area contributed by atoms with Crippen molar-refractivity contribution >= 4 is 11.8 Å². The second-order valence-corrected chi connectivity index (χ2v) is 9.60. The number of nitrogens with one attached hydrogen (secondary N) is 1. The highest BCUT2D eigenvalue weighted by atomic mass is 16.2. The standard InChI is InChI=1S/C26H31N5O2/c1-19(2)31-23(10-13-28-31)22-17-30(24(32)21-9-12-27-15-21)18-26(22)11-6-14-29(25(26)33)16-20-7-4-3-5-8-20/h3-5,7-10,12-13,15,19,22,27H,6,11,14,16-18H2,1-2H3. The zero-order valence-corrected chi connectivity index (χ0v) is 19.3. The van der Waals surface area contributed by atoms with E-state index in [4.69, 9.17) is 0 Å². The van der Waals surface area contributed by atoms with E-state index in [9.17, 15) is 9.59 Å². The van der Waals surface area contributed by atoms with E-state index in [2.05, 4.69) is 36.1 Å². The third kappa shape index (κ3) is 3.75. The Morgan fingerprint density at radius 1 is 1.21 bits per heavy atom. The summed E-state index contributed by atoms with van der Waals surface area (Å²) in [5, 5.41) is 4.55. The average Bonchev–Trinajstić information content (AvgIpc) is 3.57. The van der Waals surface area contributed by atoms with Gasteiger partial charge in [-0.05, 0) is 44.4 Å². The van der Waals surface area contributed by atoms with Gasteiger partial charge in [0.2, 0.25) is 5.91 Å². The summed E-state index contributed by atoms with van der Waals surface area (Å²) in [5.74, 6) is 0.0431. The Hall–Kier alpha value is -3.35. The van der Waals surface area contributed by atoms with Crippen molar-refractivity contribution in [3.63, 3.8) is 0 Å². The number of aromatic nitrogens is 3. The van der Waals surface area contributed by atoms with Crippen LogP contribution >= 0.6 is 0 Å². The molecule has 1 N–H and O–H groups in total. The van der Waals surface area contributed by atoms with Crippen molar-refractivity contribution in [1.29, 1.82) is 0 Å². The first-order chi connectivity index (χ1) is 16.0. The van der Waals surface area contributed by atoms with Gasteiger partial charge in [-0.1, -0.05) is 30.3 Å². The van der Waals surface area contributed by atoms with Gasteiger partial charge in [-0.25, -0.2) is 0 Å². The van der Waals surface area contributed by atoms with Crippen LogP contribution in [0.15, 0.2) is 61.1 Å². The fourth-order valence-electron chi connectivity index (χ4n) is 5.65. The topological polar surface area (TPSA) is 74.2 Å². The Morgan fingerprint density at radius 3 is 2.76 bits per heavy atom. The zero-order valence-electron chi connectivity index (χ0n) is 19.3. The Kier molecular flexibility index (Phi) is 5.56. The van der Waals surface area contributed by atoms with Crippen LogP contribution in [0.2, 0.25) is 0 Å². The van der Waals surface area contributed by atoms with Crippen LogP contribution in [-0.4, -0.2) is 56.0 Å². The number of aromatic amines is 1. The number of H-pyrrole nitrogens is 1. The van der Waals surface area contributed by atoms with Crippen LogP contribution < -0.4 is 0 Å². The Labute approximate surface area is 194 Å². The molecule has 2 fully saturated rings. The highest BCUT2D eigenvalue weighted by molar-refractivity contribution is 5.95. The molecule has 2 aromatic heterocycles. The SMILES string of the molecule is CC(C)n1nccc1C1CN(C(=O)c2cc[nH]c2)CC12CCCN(Cc1ccccc1)C2=O. The number of likely N-dealkylation sites (tertiary alicyclic amines) is 2. The van der Waals surface area contributed by atoms with Gasteiger partial charge in [-0.3, -0.25) is 14.3 Å². The van der Waals surface area contributed by atoms with E-state index in [1.807, 2.05) is 44.9 Å². The van der Waals surface area contributed by atoms with E-state index >= 15 is 0 Å². The van der Waals surface area contributed by atoms with Crippen molar-refractivity contribution in [2.24, 2.45) is 5.41 Å². The molecule has 7 nitrogen and oxygen atoms in total. The van der Waals surface area contributed by atoms with Gasteiger partial charge in [0.1, 0.15) is 0 Å². The first-order valence-electron chi connectivity index (χ1n) is 11.8. The number of carbonyl (C=O) groups excluding carboxylic acids is 2. The number of nitrogens with zero attached hydrogens (tertiary/aromatic N) is 4. The molecule has 1 aromatic carbocycles. The van der Waals surface area contributed by atoms with Crippen LogP contribution in [0.4, 0.5) is 0 Å². The van der Waals surface area contributed by atoms with Gasteiger partial charge in [0.25, 0.3) is 5.91 Å². The molecule has 0 bridgehead atoms. The molecule has 4 heterocycles. The van der Waals surface area contributed by atoms with E-state index in [0.717, 1.165) is 30.6 Å². The van der Waals surface area contributed by atoms with E-state index in [0.29, 0.717) is 25.2 Å². The highest BCUT2D eigenvalue weighted by Crippen LogP contribution is 2.50. The van der Waals surface area contributed by atoms with Gasteiger partial charge in [0.05, 0.1) is 11.0 Å². The molecule has 2 unspecified atom stereocenters. The number of piperidine rings is 1. The number of amides is 2. The fourth-order valence-corrected chi connectivity index (χ4v) is 5.65. The molecule has 0 aliphatic carbocycles. The predicted molar refractivity (Wildman–Crippen MR) is 126 cm³/mol. The van der Waals surface area contributed by atoms with Gasteiger partial charge in [0, 0.05) is 62.4 Å². The number of carbonyl (C=O) groups is 2. The van der Waals surface area contributed by atoms with Crippen LogP contribution in [-0.2, 0) is 11.3 Å². The van der Waals surface area contributed by atoms with E-state index in [1.54, 1.807) is 18.5 Å². The van der Waals surface area contributed by atoms with E-state index < -0.39 is 5.41 Å². The quantitative estimate of drug-likeness (QED) is 0.648. The number of hydrogen-bond acceptors (Lipinski definition) is 3. The molecule has 2 saturated heterocycles. The summed E-state index contributed by atoms with van der Waals surface area (Å²) in [6, 6.07) is 14.2. The van der Waals surface area contributed by atoms with E-state index in [1.165, 1.54) is 0 Å². The van der Waals surface area contributed by atoms with Crippen LogP contribution in [0.3, 0.4) is 0 Å². The van der Waals surface area contributed by atoms with Crippen molar-refractivity contribution < 1.29 is 9.59 Å². The third-order valence-electron chi connectivity index (χ3n) is 7.20. The molecule has 5 rings (SSSR count). The monoisotopic (exact) mass is 445 g/mol. The molecule has 0 radical (unpaired) electrons. The highest BCUT2D eigenvalue weighted by Gasteiger charge is 2.57. The van der Waals surface area contributed by atoms with Crippen LogP contribution in [0.25, 0.3) is 0 Å². The lowest BCUT2D eigenvalue weighted by Gasteiger charge is -2.42. The average molecular weight is 446 g/mol. The smallest absolute Gasteiger partial charge is 0.255 e. The van der Waals surface area contributed by atoms with Gasteiger partial charge in [0.15, 0.2) is 0 Å². The maximum atomic E-state index is 14.1. The maximum absolute atomic E-state index is 14.1. The molecule has 3 aromatic rings. The minimum Gasteiger partial charge on any atom is -0.367 e. The molecule has 2 atom stereocenters. The summed E-state index contributed by atoms with van der Waals surface area (Å²) in [5.41, 5.74) is 2.17. The summed E-state index contributed by atoms with van der Waals surface area (Å²) in [6.07, 6.45) is 7.01. The van der Waals surface area contributed by atoms with Crippen molar-refractivity contribution in [3.05, 3.63) is 77.9 Å². The minimum atomic E-state index is -0.633. The van der Waals surface area contributed by atoms with Gasteiger partial charge >= 0.3 is 0 Å². The van der Waals surface area contributed by atoms with Crippen molar-refractivity contribution in [1.82, 2.24) is 24.6 Å². The second-order valence-electron chi connectivity index (χ2n) is 9.60. The minimum absolute atomic E-state index is 0.0262. The summed E-state index contributed by atoms with van der Waals surface area (Å²) in [6.45, 7) is 6.51. The molecule has 1 spiro atoms. The Balaban J connectivity index is 1.52. The molecule has 0 saturated carbocycles. The number of benzene rings is 1. The molecule has 33 heavy (non-hydrogen) atoms. The normalized spacial score (nSPS) is 23.1. The summed E-state index contributed by atoms with van der Waals surface area (Å²) < 4.78 is 2.01. The lowest BCUT2D eigenvalue weighted by atomic mass is 9.70. The first-order valence-corrected chi connectivity index (χ1v) is 11.8. The van der Waals surface area contributed by atoms with E-state index in [-0.39, 0.29) is 23.8 Å². The van der Waals surface area contributed by atoms with Gasteiger partial charge in [-0.15, -0.1) is 0 Å². The molecular formula is C26H31N5O2. The lowest BCUT2D eigenvalue weighted by Crippen LogP contribution is -2.52. The summed E-state index contributed by atoms with van der Waals surface area (Å²) in [7, 11) is 0. The van der Waals surface area contributed by atoms with Crippen molar-refractivity contribution in [2.75, 3.05) is 19.6 Å².